The summed E-state index contributed by atoms with van der Waals surface area (Å²) >= 11 is 0. The number of hydrogen-bond acceptors (Lipinski definition) is 1. The van der Waals surface area contributed by atoms with Gasteiger partial charge in [0.25, 0.3) is 0 Å². The first-order chi connectivity index (χ1) is 5.72. The van der Waals surface area contributed by atoms with E-state index in [1.165, 1.54) is 6.42 Å². The molecule has 0 aliphatic rings. The summed E-state index contributed by atoms with van der Waals surface area (Å²) in [4.78, 5) is 10.4. The van der Waals surface area contributed by atoms with Gasteiger partial charge in [0.1, 0.15) is 0 Å². The minimum atomic E-state index is -0.410. The van der Waals surface area contributed by atoms with E-state index in [-0.39, 0.29) is 40.1 Å². The second kappa shape index (κ2) is 12.8. The van der Waals surface area contributed by atoms with Crippen molar-refractivity contribution in [3.05, 3.63) is 43.3 Å². The Morgan fingerprint density at radius 2 is 2.00 bits per heavy atom. The summed E-state index contributed by atoms with van der Waals surface area (Å²) in [6, 6.07) is 9.39. The van der Waals surface area contributed by atoms with E-state index >= 15 is 0 Å². The molecule has 1 amide bonds. The molecule has 1 rings (SSSR count). The second-order valence-corrected chi connectivity index (χ2v) is 2.36. The van der Waals surface area contributed by atoms with Crippen molar-refractivity contribution in [3.8, 4) is 0 Å². The van der Waals surface area contributed by atoms with E-state index in [4.69, 9.17) is 5.73 Å². The zero-order valence-corrected chi connectivity index (χ0v) is 11.9. The predicted octanol–water partition coefficient (Wildman–Crippen LogP) is 2.45. The first-order valence-electron chi connectivity index (χ1n) is 3.98. The van der Waals surface area contributed by atoms with E-state index < -0.39 is 5.91 Å². The minimum absolute atomic E-state index is 0. The van der Waals surface area contributed by atoms with Gasteiger partial charge in [-0.25, -0.2) is 0 Å². The largest absolute Gasteiger partial charge is 0.376 e. The first kappa shape index (κ1) is 19.4. The van der Waals surface area contributed by atoms with Crippen LogP contribution in [0.1, 0.15) is 30.6 Å². The average molecular weight is 268 g/mol. The molecule has 0 aliphatic heterocycles. The van der Waals surface area contributed by atoms with Crippen LogP contribution in [-0.4, -0.2) is 5.91 Å². The summed E-state index contributed by atoms with van der Waals surface area (Å²) in [5.41, 5.74) is 5.45. The predicted molar refractivity (Wildman–Crippen MR) is 56.2 cm³/mol. The molecule has 0 aliphatic carbocycles. The second-order valence-electron chi connectivity index (χ2n) is 2.36. The van der Waals surface area contributed by atoms with Crippen molar-refractivity contribution in [3.63, 3.8) is 0 Å². The van der Waals surface area contributed by atoms with Crippen molar-refractivity contribution in [2.75, 3.05) is 0 Å². The number of benzene rings is 1. The smallest absolute Gasteiger partial charge is 0.192 e. The van der Waals surface area contributed by atoms with E-state index in [1.807, 2.05) is 0 Å². The third kappa shape index (κ3) is 9.88. The molecule has 0 bridgehead atoms. The van der Waals surface area contributed by atoms with Gasteiger partial charge in [-0.3, -0.25) is 4.79 Å². The summed E-state index contributed by atoms with van der Waals surface area (Å²) in [6.45, 7) is 4.25. The van der Waals surface area contributed by atoms with Gasteiger partial charge in [0.2, 0.25) is 0 Å². The van der Waals surface area contributed by atoms with Crippen LogP contribution in [0.3, 0.4) is 0 Å². The molecule has 1 aromatic rings. The standard InChI is InChI=1S/C7H6NO.C3H8.CH3.Y/c8-7(9)6-4-2-1-3-5-6;1-3-2;;/h1-2,4-5H,(H2,8,9);3H2,1-2H3;1H3;/q-1;;-1;. The zero-order valence-electron chi connectivity index (χ0n) is 9.08. The fraction of sp³-hybridized carbons (Fsp3) is 0.273. The van der Waals surface area contributed by atoms with Crippen molar-refractivity contribution in [1.29, 1.82) is 0 Å². The van der Waals surface area contributed by atoms with E-state index in [2.05, 4.69) is 19.9 Å². The number of carbonyl (C=O) groups is 1. The maximum absolute atomic E-state index is 10.4. The molecule has 0 aromatic heterocycles. The van der Waals surface area contributed by atoms with Gasteiger partial charge < -0.3 is 13.2 Å². The Bertz CT molecular complexity index is 224. The molecule has 2 N–H and O–H groups in total. The normalized spacial score (nSPS) is 7.00. The maximum Gasteiger partial charge on any atom is 0.192 e. The molecular formula is C11H17NOY-2. The zero-order chi connectivity index (χ0) is 9.40. The van der Waals surface area contributed by atoms with Crippen LogP contribution < -0.4 is 5.73 Å². The summed E-state index contributed by atoms with van der Waals surface area (Å²) in [5, 5.41) is 0. The molecule has 0 saturated carbocycles. The molecule has 0 saturated heterocycles. The monoisotopic (exact) mass is 268 g/mol. The maximum atomic E-state index is 10.4. The summed E-state index contributed by atoms with van der Waals surface area (Å²) in [6.07, 6.45) is 1.25. The molecule has 3 heteroatoms. The van der Waals surface area contributed by atoms with Gasteiger partial charge in [0, 0.05) is 32.7 Å². The Balaban J connectivity index is -0.000000218. The molecule has 1 aromatic carbocycles. The average Bonchev–Trinajstić information content (AvgIpc) is 2.07. The molecule has 1 radical (unpaired) electrons. The van der Waals surface area contributed by atoms with Crippen molar-refractivity contribution in [1.82, 2.24) is 0 Å². The molecule has 77 valence electrons. The molecule has 0 unspecified atom stereocenters. The first-order valence-corrected chi connectivity index (χ1v) is 3.98. The number of rotatable bonds is 1. The SMILES string of the molecule is CCC.NC(=O)c1c[c-]ccc1.[CH3-].[Y]. The van der Waals surface area contributed by atoms with E-state index in [0.29, 0.717) is 5.56 Å². The van der Waals surface area contributed by atoms with Gasteiger partial charge in [0.15, 0.2) is 5.91 Å². The Morgan fingerprint density at radius 1 is 1.50 bits per heavy atom. The minimum Gasteiger partial charge on any atom is -0.376 e. The van der Waals surface area contributed by atoms with Crippen LogP contribution in [0.2, 0.25) is 0 Å². The molecule has 0 atom stereocenters. The van der Waals surface area contributed by atoms with Gasteiger partial charge in [-0.2, -0.15) is 30.3 Å². The van der Waals surface area contributed by atoms with Crippen LogP contribution >= 0.6 is 0 Å². The van der Waals surface area contributed by atoms with Crippen LogP contribution in [0, 0.1) is 13.5 Å². The Labute approximate surface area is 112 Å². The van der Waals surface area contributed by atoms with Gasteiger partial charge in [-0.05, 0) is 0 Å². The van der Waals surface area contributed by atoms with Gasteiger partial charge in [-0.15, -0.1) is 0 Å². The van der Waals surface area contributed by atoms with Crippen LogP contribution in [0.4, 0.5) is 0 Å². The Kier molecular flexibility index (Phi) is 17.7. The number of carbonyl (C=O) groups excluding carboxylic acids is 1. The van der Waals surface area contributed by atoms with Gasteiger partial charge in [0.05, 0.1) is 0 Å². The number of hydrogen-bond donors (Lipinski definition) is 1. The summed E-state index contributed by atoms with van der Waals surface area (Å²) < 4.78 is 0. The summed E-state index contributed by atoms with van der Waals surface area (Å²) in [5.74, 6) is -0.410. The fourth-order valence-corrected chi connectivity index (χ4v) is 0.547. The molecule has 2 nitrogen and oxygen atoms in total. The number of amides is 1. The molecule has 0 spiro atoms. The molecular weight excluding hydrogens is 251 g/mol. The third-order valence-corrected chi connectivity index (χ3v) is 0.992. The Morgan fingerprint density at radius 3 is 2.21 bits per heavy atom. The van der Waals surface area contributed by atoms with Crippen LogP contribution in [-0.2, 0) is 32.7 Å². The van der Waals surface area contributed by atoms with E-state index in [9.17, 15) is 4.79 Å². The van der Waals surface area contributed by atoms with Crippen molar-refractivity contribution < 1.29 is 37.5 Å². The van der Waals surface area contributed by atoms with Crippen LogP contribution in [0.5, 0.6) is 0 Å². The third-order valence-electron chi connectivity index (χ3n) is 0.992. The Hall–Kier alpha value is -0.206. The topological polar surface area (TPSA) is 43.1 Å². The van der Waals surface area contributed by atoms with Gasteiger partial charge >= 0.3 is 0 Å². The number of nitrogens with two attached hydrogens (primary N) is 1. The quantitative estimate of drug-likeness (QED) is 0.781. The molecule has 0 heterocycles. The number of primary amides is 1. The summed E-state index contributed by atoms with van der Waals surface area (Å²) in [7, 11) is 0. The molecule has 14 heavy (non-hydrogen) atoms. The molecule has 0 fully saturated rings. The van der Waals surface area contributed by atoms with E-state index in [1.54, 1.807) is 24.3 Å². The fourth-order valence-electron chi connectivity index (χ4n) is 0.547. The van der Waals surface area contributed by atoms with Crippen molar-refractivity contribution in [2.45, 2.75) is 20.3 Å². The van der Waals surface area contributed by atoms with Crippen LogP contribution in [0.15, 0.2) is 24.3 Å². The van der Waals surface area contributed by atoms with E-state index in [0.717, 1.165) is 0 Å². The van der Waals surface area contributed by atoms with Crippen LogP contribution in [0.25, 0.3) is 0 Å². The van der Waals surface area contributed by atoms with Crippen molar-refractivity contribution >= 4 is 5.91 Å². The van der Waals surface area contributed by atoms with Gasteiger partial charge in [-0.1, -0.05) is 25.8 Å². The van der Waals surface area contributed by atoms with Crippen molar-refractivity contribution in [2.24, 2.45) is 5.73 Å².